The molecule has 14 nitrogen and oxygen atoms in total. The van der Waals surface area contributed by atoms with Gasteiger partial charge in [-0.1, -0.05) is 0 Å². The van der Waals surface area contributed by atoms with Gasteiger partial charge in [-0.15, -0.1) is 0 Å². The second kappa shape index (κ2) is 10.8. The van der Waals surface area contributed by atoms with E-state index in [2.05, 4.69) is 5.32 Å². The average molecular weight is 584 g/mol. The van der Waals surface area contributed by atoms with Crippen molar-refractivity contribution in [3.05, 3.63) is 54.1 Å². The molecule has 3 aromatic carbocycles. The number of hydrogen-bond acceptors (Lipinski definition) is 10. The van der Waals surface area contributed by atoms with Crippen LogP contribution in [-0.4, -0.2) is 46.3 Å². The summed E-state index contributed by atoms with van der Waals surface area (Å²) in [7, 11) is -4.59. The molecule has 0 aliphatic carbocycles. The molecule has 0 unspecified atom stereocenters. The molecule has 0 heterocycles. The van der Waals surface area contributed by atoms with Gasteiger partial charge in [-0.05, 0) is 0 Å². The Hall–Kier alpha value is -3.88. The number of nitrogens with one attached hydrogen (secondary N) is 1. The minimum atomic E-state index is -5.23. The summed E-state index contributed by atoms with van der Waals surface area (Å²) < 4.78 is 59.9. The average Bonchev–Trinajstić information content (AvgIpc) is 2.77. The molecule has 16 heteroatoms. The van der Waals surface area contributed by atoms with Gasteiger partial charge in [-0.3, -0.25) is 4.55 Å². The van der Waals surface area contributed by atoms with Crippen LogP contribution in [0.15, 0.2) is 53.4 Å². The third kappa shape index (κ3) is 6.62. The van der Waals surface area contributed by atoms with Crippen LogP contribution in [0.2, 0.25) is 0 Å². The number of carbonyl (C=O) groups is 1. The summed E-state index contributed by atoms with van der Waals surface area (Å²) in [6, 6.07) is 12.9. The van der Waals surface area contributed by atoms with Crippen LogP contribution >= 0.6 is 0 Å². The Labute approximate surface area is 208 Å². The summed E-state index contributed by atoms with van der Waals surface area (Å²) in [6.07, 6.45) is 0.103. The van der Waals surface area contributed by atoms with Crippen LogP contribution in [0.3, 0.4) is 0 Å². The number of nitrogen functional groups attached to an aromatic ring is 5. The number of hydrogen-bond donors (Lipinski definition) is 10. The number of para-hydroxylation sites is 1. The standard InChI is InChI=1S/C14H14AsNO5.C6H11N5O3S/c17-13(9-10-5-2-1-3-6-10)16-12-8-4-7-11(14(12)18)15(19,20)21;7-1-2(8)4(10)6(15(12,13)14)5(11)3(1)9/h1-8,18H,9H2,(H,16,17)(H2,19,20,21);7-11H2,(H,12,13,14). The van der Waals surface area contributed by atoms with Crippen molar-refractivity contribution < 1.29 is 34.8 Å². The van der Waals surface area contributed by atoms with Crippen molar-refractivity contribution >= 4 is 68.7 Å². The number of amides is 1. The fourth-order valence-corrected chi connectivity index (χ4v) is 5.14. The first-order valence-electron chi connectivity index (χ1n) is 9.76. The van der Waals surface area contributed by atoms with Gasteiger partial charge in [0.05, 0.1) is 28.4 Å². The molecule has 0 aliphatic heterocycles. The van der Waals surface area contributed by atoms with Crippen LogP contribution in [0.4, 0.5) is 34.1 Å². The predicted molar refractivity (Wildman–Crippen MR) is 136 cm³/mol. The van der Waals surface area contributed by atoms with Gasteiger partial charge in [0, 0.05) is 0 Å². The molecule has 0 saturated carbocycles. The van der Waals surface area contributed by atoms with E-state index in [1.165, 1.54) is 12.1 Å². The van der Waals surface area contributed by atoms with E-state index in [4.69, 9.17) is 41.4 Å². The molecule has 0 fully saturated rings. The molecule has 0 aliphatic rings. The summed E-state index contributed by atoms with van der Waals surface area (Å²) in [5.74, 6) is -0.974. The topological polar surface area (TPSA) is 291 Å². The maximum absolute atomic E-state index is 11.9. The number of phenolic OH excluding ortho intramolecular Hbond substituents is 1. The van der Waals surface area contributed by atoms with E-state index in [-0.39, 0.29) is 35.1 Å². The van der Waals surface area contributed by atoms with Crippen molar-refractivity contribution in [1.82, 2.24) is 0 Å². The molecule has 15 N–H and O–H groups in total. The minimum absolute atomic E-state index is 0.0156. The normalized spacial score (nSPS) is 11.3. The number of anilines is 6. The number of nitrogens with two attached hydrogens (primary N) is 5. The molecule has 0 saturated heterocycles. The van der Waals surface area contributed by atoms with Gasteiger partial charge < -0.3 is 28.7 Å². The van der Waals surface area contributed by atoms with Gasteiger partial charge in [0.15, 0.2) is 0 Å². The summed E-state index contributed by atoms with van der Waals surface area (Å²) in [6.45, 7) is 0. The first-order chi connectivity index (χ1) is 16.6. The second-order valence-corrected chi connectivity index (χ2v) is 12.0. The third-order valence-electron chi connectivity index (χ3n) is 4.72. The van der Waals surface area contributed by atoms with Gasteiger partial charge in [-0.25, -0.2) is 0 Å². The first kappa shape index (κ1) is 28.4. The number of benzene rings is 3. The molecular weight excluding hydrogens is 559 g/mol. The fraction of sp³-hybridized carbons (Fsp3) is 0.0500. The van der Waals surface area contributed by atoms with Crippen molar-refractivity contribution in [1.29, 1.82) is 0 Å². The van der Waals surface area contributed by atoms with Crippen LogP contribution in [-0.2, 0) is 25.1 Å². The van der Waals surface area contributed by atoms with Crippen molar-refractivity contribution in [2.24, 2.45) is 0 Å². The van der Waals surface area contributed by atoms with Crippen LogP contribution in [0.1, 0.15) is 5.56 Å². The van der Waals surface area contributed by atoms with E-state index in [1.807, 2.05) is 6.07 Å². The first-order valence-corrected chi connectivity index (χ1v) is 14.6. The van der Waals surface area contributed by atoms with Gasteiger partial charge >= 0.3 is 124 Å². The molecule has 1 amide bonds. The Bertz CT molecular complexity index is 1420. The number of phenols is 1. The fourth-order valence-electron chi connectivity index (χ4n) is 2.95. The molecule has 194 valence electrons. The third-order valence-corrected chi connectivity index (χ3v) is 7.75. The van der Waals surface area contributed by atoms with Crippen molar-refractivity contribution in [3.8, 4) is 5.75 Å². The molecule has 0 atom stereocenters. The monoisotopic (exact) mass is 584 g/mol. The zero-order valence-electron chi connectivity index (χ0n) is 18.5. The molecule has 0 radical (unpaired) electrons. The Morgan fingerprint density at radius 2 is 1.33 bits per heavy atom. The Kier molecular flexibility index (Phi) is 8.51. The molecule has 3 aromatic rings. The van der Waals surface area contributed by atoms with E-state index in [0.29, 0.717) is 0 Å². The van der Waals surface area contributed by atoms with E-state index in [9.17, 15) is 22.1 Å². The SMILES string of the molecule is Nc1c(N)c(N)c(S(=O)(=O)O)c(N)c1N.O=C(Cc1ccccc1)Nc1cccc([As](=O)(O)O)c1O. The van der Waals surface area contributed by atoms with E-state index >= 15 is 0 Å². The molecule has 36 heavy (non-hydrogen) atoms. The van der Waals surface area contributed by atoms with E-state index in [1.54, 1.807) is 24.3 Å². The van der Waals surface area contributed by atoms with Crippen molar-refractivity contribution in [3.63, 3.8) is 0 Å². The van der Waals surface area contributed by atoms with Gasteiger partial charge in [0.2, 0.25) is 0 Å². The number of aromatic hydroxyl groups is 1. The predicted octanol–water partition coefficient (Wildman–Crippen LogP) is -1.02. The summed E-state index contributed by atoms with van der Waals surface area (Å²) >= 11 is -5.23. The van der Waals surface area contributed by atoms with Crippen molar-refractivity contribution in [2.75, 3.05) is 34.0 Å². The Morgan fingerprint density at radius 3 is 1.81 bits per heavy atom. The summed E-state index contributed by atoms with van der Waals surface area (Å²) in [5, 5.41) is 12.3. The molecule has 3 rings (SSSR count). The van der Waals surface area contributed by atoms with E-state index < -0.39 is 50.7 Å². The summed E-state index contributed by atoms with van der Waals surface area (Å²) in [5.41, 5.74) is 26.3. The zero-order chi connectivity index (χ0) is 27.4. The molecule has 0 aromatic heterocycles. The zero-order valence-corrected chi connectivity index (χ0v) is 21.2. The van der Waals surface area contributed by atoms with Gasteiger partial charge in [-0.2, -0.15) is 8.42 Å². The number of rotatable bonds is 5. The molecular formula is C20H25AsN6O8S. The Morgan fingerprint density at radius 1 is 0.833 bits per heavy atom. The summed E-state index contributed by atoms with van der Waals surface area (Å²) in [4.78, 5) is 11.2. The van der Waals surface area contributed by atoms with Crippen LogP contribution in [0.25, 0.3) is 0 Å². The number of carbonyl (C=O) groups excluding carboxylic acids is 1. The maximum atomic E-state index is 11.9. The van der Waals surface area contributed by atoms with E-state index in [0.717, 1.165) is 11.6 Å². The molecule has 0 spiro atoms. The molecule has 0 bridgehead atoms. The van der Waals surface area contributed by atoms with Crippen LogP contribution in [0.5, 0.6) is 5.75 Å². The van der Waals surface area contributed by atoms with Crippen molar-refractivity contribution in [2.45, 2.75) is 11.3 Å². The van der Waals surface area contributed by atoms with Crippen LogP contribution in [0, 0.1) is 0 Å². The quantitative estimate of drug-likeness (QED) is 0.0744. The van der Waals surface area contributed by atoms with Crippen LogP contribution < -0.4 is 38.3 Å². The van der Waals surface area contributed by atoms with Gasteiger partial charge in [0.1, 0.15) is 4.90 Å². The Balaban J connectivity index is 0.000000269. The van der Waals surface area contributed by atoms with Gasteiger partial charge in [0.25, 0.3) is 10.1 Å². The second-order valence-electron chi connectivity index (χ2n) is 7.30.